The van der Waals surface area contributed by atoms with Gasteiger partial charge in [-0.1, -0.05) is 133 Å². The number of rotatable bonds is 17. The summed E-state index contributed by atoms with van der Waals surface area (Å²) in [5.41, 5.74) is 9.77. The van der Waals surface area contributed by atoms with Crippen LogP contribution < -0.4 is 4.90 Å². The number of morpholine rings is 1. The predicted octanol–water partition coefficient (Wildman–Crippen LogP) is 12.3. The first kappa shape index (κ1) is 56.8. The monoisotopic (exact) mass is 1030 g/mol. The molecule has 1 saturated heterocycles. The molecule has 0 saturated carbocycles. The van der Waals surface area contributed by atoms with Gasteiger partial charge in [-0.15, -0.1) is 0 Å². The summed E-state index contributed by atoms with van der Waals surface area (Å²) in [7, 11) is 6.95. The Bertz CT molecular complexity index is 3310. The Morgan fingerprint density at radius 3 is 1.69 bits per heavy atom. The predicted molar refractivity (Wildman–Crippen MR) is 307 cm³/mol. The molecule has 0 radical (unpaired) electrons. The number of likely N-dealkylation sites (N-methyl/N-ethyl adjacent to an activating group) is 1. The van der Waals surface area contributed by atoms with E-state index in [1.807, 2.05) is 161 Å². The lowest BCUT2D eigenvalue weighted by atomic mass is 9.80. The number of aromatic nitrogens is 1. The van der Waals surface area contributed by atoms with Crippen LogP contribution in [-0.4, -0.2) is 98.7 Å². The molecule has 0 aliphatic carbocycles. The van der Waals surface area contributed by atoms with Crippen molar-refractivity contribution in [1.29, 1.82) is 0 Å². The van der Waals surface area contributed by atoms with E-state index >= 15 is 0 Å². The van der Waals surface area contributed by atoms with Crippen LogP contribution in [0.2, 0.25) is 0 Å². The first-order valence-corrected chi connectivity index (χ1v) is 26.0. The molecule has 2 heterocycles. The Morgan fingerprint density at radius 1 is 0.623 bits per heavy atom. The third kappa shape index (κ3) is 12.9. The number of nitrogens with zero attached hydrogens (tertiary/aromatic N) is 4. The van der Waals surface area contributed by atoms with Crippen LogP contribution in [0.4, 0.5) is 5.69 Å². The van der Waals surface area contributed by atoms with Gasteiger partial charge in [0.25, 0.3) is 5.79 Å². The van der Waals surface area contributed by atoms with Gasteiger partial charge in [0, 0.05) is 96.1 Å². The lowest BCUT2D eigenvalue weighted by molar-refractivity contribution is -0.176. The highest BCUT2D eigenvalue weighted by atomic mass is 16.7. The molecule has 0 N–H and O–H groups in total. The van der Waals surface area contributed by atoms with Crippen molar-refractivity contribution in [3.63, 3.8) is 0 Å². The summed E-state index contributed by atoms with van der Waals surface area (Å²) < 4.78 is 18.5. The summed E-state index contributed by atoms with van der Waals surface area (Å²) in [4.78, 5) is 59.7. The molecule has 1 aromatic heterocycles. The van der Waals surface area contributed by atoms with Gasteiger partial charge in [0.2, 0.25) is 5.78 Å². The van der Waals surface area contributed by atoms with Crippen molar-refractivity contribution < 1.29 is 38.2 Å². The number of carbonyl (C=O) groups excluding carboxylic acids is 4. The summed E-state index contributed by atoms with van der Waals surface area (Å²) >= 11 is 0. The number of fused-ring (bicyclic) bond motifs is 3. The molecule has 1 atom stereocenters. The molecule has 1 unspecified atom stereocenters. The Kier molecular flexibility index (Phi) is 19.4. The molecule has 12 heteroatoms. The quantitative estimate of drug-likeness (QED) is 0.0286. The van der Waals surface area contributed by atoms with Gasteiger partial charge >= 0.3 is 5.97 Å². The molecule has 9 rings (SSSR count). The SMILES string of the molecule is CCC(Cc1ccccc1)(C(=O)c1ccc(N2CCOCC2)cc1)N(C)C.CCn1c2ccc(C(=O)c3ccccc3C)cc2c2cc(/C(C)=N\OC(C)=O)ccc21.COC(OC)(C(=O)c1ccccc1)c1ccccc1. The fraction of sp³-hybridized carbons (Fsp3) is 0.277. The third-order valence-corrected chi connectivity index (χ3v) is 14.3. The second-order valence-corrected chi connectivity index (χ2v) is 19.1. The molecule has 0 spiro atoms. The van der Waals surface area contributed by atoms with Crippen LogP contribution in [0.15, 0.2) is 181 Å². The van der Waals surface area contributed by atoms with Crippen molar-refractivity contribution in [3.8, 4) is 0 Å². The van der Waals surface area contributed by atoms with Gasteiger partial charge in [-0.25, -0.2) is 4.79 Å². The van der Waals surface area contributed by atoms with Gasteiger partial charge in [0.1, 0.15) is 0 Å². The molecule has 1 fully saturated rings. The van der Waals surface area contributed by atoms with Crippen LogP contribution in [0.3, 0.4) is 0 Å². The summed E-state index contributed by atoms with van der Waals surface area (Å²) in [6.07, 6.45) is 1.47. The minimum atomic E-state index is -1.40. The highest BCUT2D eigenvalue weighted by Gasteiger charge is 2.42. The number of oxime groups is 1. The van der Waals surface area contributed by atoms with Crippen molar-refractivity contribution >= 4 is 56.5 Å². The molecule has 398 valence electrons. The Labute approximate surface area is 452 Å². The van der Waals surface area contributed by atoms with Crippen molar-refractivity contribution in [2.75, 3.05) is 59.5 Å². The maximum absolute atomic E-state index is 13.6. The fourth-order valence-corrected chi connectivity index (χ4v) is 9.94. The molecular weight excluding hydrogens is 965 g/mol. The average Bonchev–Trinajstić information content (AvgIpc) is 3.80. The maximum atomic E-state index is 13.6. The van der Waals surface area contributed by atoms with E-state index in [-0.39, 0.29) is 17.3 Å². The van der Waals surface area contributed by atoms with Crippen LogP contribution in [0, 0.1) is 6.92 Å². The van der Waals surface area contributed by atoms with E-state index in [0.717, 1.165) is 83.5 Å². The van der Waals surface area contributed by atoms with Crippen LogP contribution >= 0.6 is 0 Å². The van der Waals surface area contributed by atoms with E-state index in [0.29, 0.717) is 34.4 Å². The lowest BCUT2D eigenvalue weighted by Gasteiger charge is -2.38. The lowest BCUT2D eigenvalue weighted by Crippen LogP contribution is -2.52. The summed E-state index contributed by atoms with van der Waals surface area (Å²) in [5.74, 6) is -1.87. The van der Waals surface area contributed by atoms with E-state index in [4.69, 9.17) is 19.0 Å². The summed E-state index contributed by atoms with van der Waals surface area (Å²) in [6.45, 7) is 13.4. The van der Waals surface area contributed by atoms with Crippen molar-refractivity contribution in [2.45, 2.75) is 65.3 Å². The molecule has 0 amide bonds. The molecule has 7 aromatic carbocycles. The Balaban J connectivity index is 0.000000173. The number of carbonyl (C=O) groups is 4. The number of ketones is 3. The first-order chi connectivity index (χ1) is 37.2. The van der Waals surface area contributed by atoms with E-state index in [1.54, 1.807) is 19.1 Å². The van der Waals surface area contributed by atoms with Gasteiger partial charge < -0.3 is 28.5 Å². The molecule has 1 aliphatic heterocycles. The number of aryl methyl sites for hydroxylation is 2. The smallest absolute Gasteiger partial charge is 0.331 e. The highest BCUT2D eigenvalue weighted by molar-refractivity contribution is 6.16. The minimum Gasteiger partial charge on any atom is -0.378 e. The molecule has 0 bridgehead atoms. The molecule has 12 nitrogen and oxygen atoms in total. The van der Waals surface area contributed by atoms with E-state index in [2.05, 4.69) is 57.6 Å². The number of hydrogen-bond donors (Lipinski definition) is 0. The third-order valence-electron chi connectivity index (χ3n) is 14.3. The van der Waals surface area contributed by atoms with Crippen molar-refractivity contribution in [3.05, 3.63) is 220 Å². The highest BCUT2D eigenvalue weighted by Crippen LogP contribution is 2.34. The second kappa shape index (κ2) is 26.3. The fourth-order valence-electron chi connectivity index (χ4n) is 9.94. The van der Waals surface area contributed by atoms with Gasteiger partial charge in [0.15, 0.2) is 11.6 Å². The topological polar surface area (TPSA) is 129 Å². The maximum Gasteiger partial charge on any atom is 0.331 e. The van der Waals surface area contributed by atoms with Gasteiger partial charge in [0.05, 0.1) is 24.5 Å². The van der Waals surface area contributed by atoms with Crippen molar-refractivity contribution in [2.24, 2.45) is 5.16 Å². The van der Waals surface area contributed by atoms with E-state index in [9.17, 15) is 19.2 Å². The van der Waals surface area contributed by atoms with E-state index < -0.39 is 17.3 Å². The van der Waals surface area contributed by atoms with Gasteiger partial charge in [-0.05, 0) is 119 Å². The number of methoxy groups -OCH3 is 2. The zero-order valence-electron chi connectivity index (χ0n) is 45.7. The van der Waals surface area contributed by atoms with E-state index in [1.165, 1.54) is 26.7 Å². The Morgan fingerprint density at radius 2 is 1.14 bits per heavy atom. The van der Waals surface area contributed by atoms with Gasteiger partial charge in [-0.2, -0.15) is 0 Å². The molecular formula is C65H70N4O8. The van der Waals surface area contributed by atoms with Gasteiger partial charge in [-0.3, -0.25) is 19.3 Å². The number of anilines is 1. The number of Topliss-reactive ketones (excluding diaryl/α,β-unsaturated/α-hetero) is 2. The Hall–Kier alpha value is -7.87. The van der Waals surface area contributed by atoms with Crippen LogP contribution in [0.25, 0.3) is 21.8 Å². The average molecular weight is 1040 g/mol. The largest absolute Gasteiger partial charge is 0.378 e. The van der Waals surface area contributed by atoms with Crippen LogP contribution in [0.1, 0.15) is 93.0 Å². The first-order valence-electron chi connectivity index (χ1n) is 26.0. The van der Waals surface area contributed by atoms with Crippen molar-refractivity contribution in [1.82, 2.24) is 9.47 Å². The summed E-state index contributed by atoms with van der Waals surface area (Å²) in [6, 6.07) is 56.1. The minimum absolute atomic E-state index is 0.0150. The van der Waals surface area contributed by atoms with Crippen LogP contribution in [-0.2, 0) is 42.6 Å². The number of hydrogen-bond acceptors (Lipinski definition) is 11. The zero-order valence-corrected chi connectivity index (χ0v) is 45.7. The normalized spacial score (nSPS) is 13.5. The standard InChI is InChI=1S/C26H24N2O3.C23H30N2O2.C16H16O3/c1-5-28-24-12-10-19(17(3)27-31-18(4)29)14-22(24)23-15-20(11-13-25(23)28)26(30)21-9-7-6-8-16(21)2;1-4-23(24(2)3,18-19-8-6-5-7-9-19)22(26)20-10-12-21(13-11-20)25-14-16-27-17-15-25;1-18-16(19-2,14-11-7-4-8-12-14)15(17)13-9-5-3-6-10-13/h6-15H,5H2,1-4H3;5-13H,4,14-18H2,1-3H3;3-12H,1-2H3/b27-17-;;. The number of ether oxygens (including phenoxy) is 3. The zero-order chi connectivity index (χ0) is 55.1. The molecule has 8 aromatic rings. The number of benzene rings is 7. The molecule has 77 heavy (non-hydrogen) atoms. The second-order valence-electron chi connectivity index (χ2n) is 19.1. The van der Waals surface area contributed by atoms with Crippen LogP contribution in [0.5, 0.6) is 0 Å². The summed E-state index contributed by atoms with van der Waals surface area (Å²) in [5, 5.41) is 5.95. The molecule has 1 aliphatic rings.